The molecule has 0 aliphatic rings. The van der Waals surface area contributed by atoms with E-state index in [4.69, 9.17) is 0 Å². The molecule has 0 atom stereocenters. The molecule has 0 spiro atoms. The first-order chi connectivity index (χ1) is 1.41. The van der Waals surface area contributed by atoms with Crippen molar-refractivity contribution in [2.24, 2.45) is 0 Å². The van der Waals surface area contributed by atoms with Crippen LogP contribution in [0, 0.1) is 0 Å². The summed E-state index contributed by atoms with van der Waals surface area (Å²) in [4.78, 5) is 0. The number of rotatable bonds is 0. The largest absolute Gasteiger partial charge is 0 e. The van der Waals surface area contributed by atoms with Crippen molar-refractivity contribution in [3.63, 3.8) is 0 Å². The van der Waals surface area contributed by atoms with Gasteiger partial charge in [0.25, 0.3) is 0 Å². The minimum absolute atomic E-state index is 0. The first kappa shape index (κ1) is 15.6. The Morgan fingerprint density at radius 1 is 1.20 bits per heavy atom. The van der Waals surface area contributed by atoms with Crippen LogP contribution in [0.15, 0.2) is 0 Å². The molecular formula is H4MoS2SnZn. The van der Waals surface area contributed by atoms with Gasteiger partial charge in [-0.25, -0.2) is 0 Å². The molecule has 5 heavy (non-hydrogen) atoms. The maximum Gasteiger partial charge on any atom is 0 e. The molecule has 0 fully saturated rings. The minimum atomic E-state index is -0.363. The zero-order valence-electron chi connectivity index (χ0n) is 1.93. The minimum Gasteiger partial charge on any atom is 0 e. The molecule has 0 nitrogen and oxygen atoms in total. The molecule has 0 aromatic heterocycles. The summed E-state index contributed by atoms with van der Waals surface area (Å²) in [5, 5.41) is 0. The van der Waals surface area contributed by atoms with E-state index in [1.165, 1.54) is 0 Å². The van der Waals surface area contributed by atoms with Gasteiger partial charge in [0.2, 0.25) is 0 Å². The first-order valence-corrected chi connectivity index (χ1v) is 5.92. The fourth-order valence-electron chi connectivity index (χ4n) is 0. The summed E-state index contributed by atoms with van der Waals surface area (Å²) < 4.78 is 0. The smallest absolute Gasteiger partial charge is 0 e. The van der Waals surface area contributed by atoms with E-state index in [-0.39, 0.29) is 58.3 Å². The van der Waals surface area contributed by atoms with Crippen molar-refractivity contribution >= 4 is 43.6 Å². The number of hydrogen-bond acceptors (Lipinski definition) is 2. The molecule has 0 unspecified atom stereocenters. The molecule has 0 rings (SSSR count). The van der Waals surface area contributed by atoms with Crippen molar-refractivity contribution in [3.8, 4) is 0 Å². The van der Waals surface area contributed by atoms with Crippen LogP contribution < -0.4 is 0 Å². The van der Waals surface area contributed by atoms with Crippen molar-refractivity contribution in [1.29, 1.82) is 0 Å². The predicted molar refractivity (Wildman–Crippen MR) is 26.5 cm³/mol. The van der Waals surface area contributed by atoms with Crippen LogP contribution in [0.25, 0.3) is 0 Å². The molecule has 0 N–H and O–H groups in total. The molecule has 0 bridgehead atoms. The normalized spacial score (nSPS) is 2.40. The van der Waals surface area contributed by atoms with E-state index in [2.05, 4.69) is 19.6 Å². The molecule has 0 aliphatic carbocycles. The maximum absolute atomic E-state index is 4.34. The SMILES string of the molecule is [S]=[Mo]=[S].[SnH4].[Zn]. The summed E-state index contributed by atoms with van der Waals surface area (Å²) in [5.41, 5.74) is 0. The Labute approximate surface area is 76.6 Å². The average molecular weight is 348 g/mol. The monoisotopic (exact) mass is 350 g/mol. The average Bonchev–Trinajstić information content (AvgIpc) is 0.918. The Balaban J connectivity index is -0.0000000200. The van der Waals surface area contributed by atoms with Crippen LogP contribution in [-0.2, 0) is 34.4 Å². The fourth-order valence-corrected chi connectivity index (χ4v) is 0. The van der Waals surface area contributed by atoms with Gasteiger partial charge in [-0.1, -0.05) is 0 Å². The fraction of sp³-hybridized carbons (Fsp3) is 0. The van der Waals surface area contributed by atoms with Crippen LogP contribution in [0.3, 0.4) is 0 Å². The molecule has 0 radical (unpaired) electrons. The van der Waals surface area contributed by atoms with Gasteiger partial charge < -0.3 is 0 Å². The molecule has 0 heterocycles. The van der Waals surface area contributed by atoms with Crippen LogP contribution in [0.4, 0.5) is 0 Å². The van der Waals surface area contributed by atoms with E-state index in [1.807, 2.05) is 0 Å². The Bertz CT molecular complexity index is 30.6. The summed E-state index contributed by atoms with van der Waals surface area (Å²) in [7, 11) is 8.68. The molecule has 5 heteroatoms. The first-order valence-electron chi connectivity index (χ1n) is 0.333. The summed E-state index contributed by atoms with van der Waals surface area (Å²) in [5.74, 6) is 0. The molecule has 0 amide bonds. The van der Waals surface area contributed by atoms with E-state index in [1.54, 1.807) is 0 Å². The molecule has 28 valence electrons. The van der Waals surface area contributed by atoms with E-state index in [9.17, 15) is 0 Å². The van der Waals surface area contributed by atoms with Crippen molar-refractivity contribution < 1.29 is 34.4 Å². The van der Waals surface area contributed by atoms with Gasteiger partial charge in [0.15, 0.2) is 0 Å². The van der Waals surface area contributed by atoms with Gasteiger partial charge in [0, 0.05) is 19.5 Å². The Kier molecular flexibility index (Phi) is 50.1. The molecule has 0 saturated carbocycles. The summed E-state index contributed by atoms with van der Waals surface area (Å²) in [6.45, 7) is 0. The van der Waals surface area contributed by atoms with Gasteiger partial charge in [0.05, 0.1) is 0 Å². The van der Waals surface area contributed by atoms with E-state index >= 15 is 0 Å². The molecule has 0 aromatic rings. The zero-order chi connectivity index (χ0) is 2.71. The third-order valence-corrected chi connectivity index (χ3v) is 0. The quantitative estimate of drug-likeness (QED) is 0.558. The second kappa shape index (κ2) is 16.0. The van der Waals surface area contributed by atoms with E-state index < -0.39 is 0 Å². The standard InChI is InChI=1S/Mo.2S.Sn.Zn.4H. The predicted octanol–water partition coefficient (Wildman–Crippen LogP) is -0.160. The molecule has 0 saturated heterocycles. The van der Waals surface area contributed by atoms with Crippen LogP contribution in [0.5, 0.6) is 0 Å². The van der Waals surface area contributed by atoms with E-state index in [0.29, 0.717) is 0 Å². The van der Waals surface area contributed by atoms with Crippen LogP contribution in [-0.4, -0.2) is 23.9 Å². The van der Waals surface area contributed by atoms with Gasteiger partial charge in [0.1, 0.15) is 0 Å². The zero-order valence-corrected chi connectivity index (χ0v) is 8.54. The van der Waals surface area contributed by atoms with Gasteiger partial charge in [-0.15, -0.1) is 0 Å². The van der Waals surface area contributed by atoms with Gasteiger partial charge >= 0.3 is 58.5 Å². The topological polar surface area (TPSA) is 0 Å². The van der Waals surface area contributed by atoms with Crippen LogP contribution in [0.1, 0.15) is 0 Å². The van der Waals surface area contributed by atoms with Gasteiger partial charge in [-0.05, 0) is 0 Å². The maximum atomic E-state index is 4.34. The van der Waals surface area contributed by atoms with Crippen molar-refractivity contribution in [2.45, 2.75) is 0 Å². The molecule has 0 aromatic carbocycles. The second-order valence-electron chi connectivity index (χ2n) is 0.0680. The summed E-state index contributed by atoms with van der Waals surface area (Å²) in [6.07, 6.45) is 0. The number of hydrogen-bond donors (Lipinski definition) is 0. The van der Waals surface area contributed by atoms with Crippen molar-refractivity contribution in [3.05, 3.63) is 0 Å². The van der Waals surface area contributed by atoms with E-state index in [0.717, 1.165) is 0 Å². The summed E-state index contributed by atoms with van der Waals surface area (Å²) >= 11 is -0.363. The Morgan fingerprint density at radius 3 is 1.20 bits per heavy atom. The van der Waals surface area contributed by atoms with Crippen molar-refractivity contribution in [1.82, 2.24) is 0 Å². The Hall–Kier alpha value is 2.55. The van der Waals surface area contributed by atoms with Crippen molar-refractivity contribution in [2.75, 3.05) is 0 Å². The van der Waals surface area contributed by atoms with Crippen LogP contribution >= 0.6 is 19.6 Å². The molecular weight excluding hydrogens is 344 g/mol. The third-order valence-electron chi connectivity index (χ3n) is 0. The van der Waals surface area contributed by atoms with Gasteiger partial charge in [-0.3, -0.25) is 0 Å². The molecule has 0 aliphatic heterocycles. The van der Waals surface area contributed by atoms with Gasteiger partial charge in [-0.2, -0.15) is 0 Å². The summed E-state index contributed by atoms with van der Waals surface area (Å²) in [6, 6.07) is 0. The Morgan fingerprint density at radius 2 is 1.20 bits per heavy atom. The van der Waals surface area contributed by atoms with Crippen LogP contribution in [0.2, 0.25) is 0 Å². The second-order valence-corrected chi connectivity index (χ2v) is 3.62. The third kappa shape index (κ3) is 20.9.